The van der Waals surface area contributed by atoms with Gasteiger partial charge in [0.15, 0.2) is 0 Å². The molecule has 2 aromatic heterocycles. The zero-order valence-corrected chi connectivity index (χ0v) is 16.0. The minimum absolute atomic E-state index is 0.545. The number of hydrogen-bond donors (Lipinski definition) is 2. The second-order valence-electron chi connectivity index (χ2n) is 6.33. The maximum Gasteiger partial charge on any atom is 0.228 e. The van der Waals surface area contributed by atoms with E-state index in [0.29, 0.717) is 39.3 Å². The van der Waals surface area contributed by atoms with E-state index in [1.807, 2.05) is 0 Å². The van der Waals surface area contributed by atoms with Gasteiger partial charge in [0.25, 0.3) is 0 Å². The first kappa shape index (κ1) is 18.8. The van der Waals surface area contributed by atoms with Gasteiger partial charge in [0.2, 0.25) is 12.4 Å². The molecule has 26 heavy (non-hydrogen) atoms. The van der Waals surface area contributed by atoms with Gasteiger partial charge in [-0.3, -0.25) is 4.79 Å². The van der Waals surface area contributed by atoms with Crippen LogP contribution >= 0.6 is 11.3 Å². The van der Waals surface area contributed by atoms with Crippen LogP contribution in [0, 0.1) is 0 Å². The molecule has 142 valence electrons. The summed E-state index contributed by atoms with van der Waals surface area (Å²) in [6.07, 6.45) is 1.88. The summed E-state index contributed by atoms with van der Waals surface area (Å²) in [4.78, 5) is 29.0. The number of nitrogens with two attached hydrogens (primary N) is 2. The lowest BCUT2D eigenvalue weighted by atomic mass is 10.3. The summed E-state index contributed by atoms with van der Waals surface area (Å²) in [6, 6.07) is 2.18. The van der Waals surface area contributed by atoms with Gasteiger partial charge in [0.05, 0.1) is 5.39 Å². The molecule has 1 fully saturated rings. The number of aromatic nitrogens is 2. The number of thiophene rings is 1. The molecule has 0 aliphatic carbocycles. The third-order valence-corrected chi connectivity index (χ3v) is 5.78. The highest BCUT2D eigenvalue weighted by Crippen LogP contribution is 2.33. The molecule has 0 bridgehead atoms. The van der Waals surface area contributed by atoms with Crippen molar-refractivity contribution >= 4 is 39.7 Å². The average molecular weight is 378 g/mol. The summed E-state index contributed by atoms with van der Waals surface area (Å²) in [7, 11) is 0. The summed E-state index contributed by atoms with van der Waals surface area (Å²) in [5.41, 5.74) is 11.6. The smallest absolute Gasteiger partial charge is 0.228 e. The van der Waals surface area contributed by atoms with Gasteiger partial charge in [0, 0.05) is 57.2 Å². The predicted molar refractivity (Wildman–Crippen MR) is 107 cm³/mol. The van der Waals surface area contributed by atoms with Crippen LogP contribution in [0.15, 0.2) is 6.07 Å². The molecule has 1 saturated heterocycles. The normalized spacial score (nSPS) is 14.9. The fourth-order valence-electron chi connectivity index (χ4n) is 3.16. The molecule has 0 radical (unpaired) electrons. The summed E-state index contributed by atoms with van der Waals surface area (Å²) in [5.74, 6) is 1.64. The molecule has 4 N–H and O–H groups in total. The van der Waals surface area contributed by atoms with Gasteiger partial charge in [0.1, 0.15) is 10.6 Å². The molecule has 3 rings (SSSR count). The third kappa shape index (κ3) is 3.89. The van der Waals surface area contributed by atoms with E-state index in [4.69, 9.17) is 21.4 Å². The molecule has 0 aromatic carbocycles. The second kappa shape index (κ2) is 8.61. The largest absolute Gasteiger partial charge is 0.353 e. The Bertz CT molecular complexity index is 736. The lowest BCUT2D eigenvalue weighted by Crippen LogP contribution is -2.46. The summed E-state index contributed by atoms with van der Waals surface area (Å²) in [6.45, 7) is 7.52. The Kier molecular flexibility index (Phi) is 6.23. The van der Waals surface area contributed by atoms with Crippen LogP contribution in [-0.4, -0.2) is 73.6 Å². The Morgan fingerprint density at radius 2 is 1.88 bits per heavy atom. The Labute approximate surface area is 157 Å². The van der Waals surface area contributed by atoms with Crippen molar-refractivity contribution in [1.29, 1.82) is 0 Å². The van der Waals surface area contributed by atoms with Gasteiger partial charge in [-0.2, -0.15) is 4.98 Å². The van der Waals surface area contributed by atoms with Crippen molar-refractivity contribution in [1.82, 2.24) is 14.9 Å². The highest BCUT2D eigenvalue weighted by Gasteiger charge is 2.22. The van der Waals surface area contributed by atoms with Crippen LogP contribution in [0.25, 0.3) is 10.2 Å². The fraction of sp³-hybridized carbons (Fsp3) is 0.588. The van der Waals surface area contributed by atoms with Crippen LogP contribution in [0.4, 0.5) is 11.8 Å². The predicted octanol–water partition coefficient (Wildman–Crippen LogP) is 0.256. The van der Waals surface area contributed by atoms with Crippen LogP contribution in [-0.2, 0) is 11.2 Å². The van der Waals surface area contributed by atoms with Crippen molar-refractivity contribution in [2.24, 2.45) is 11.5 Å². The number of piperazine rings is 1. The Morgan fingerprint density at radius 1 is 1.19 bits per heavy atom. The van der Waals surface area contributed by atoms with Gasteiger partial charge < -0.3 is 26.2 Å². The monoisotopic (exact) mass is 377 g/mol. The van der Waals surface area contributed by atoms with E-state index in [1.165, 1.54) is 4.88 Å². The molecule has 9 heteroatoms. The quantitative estimate of drug-likeness (QED) is 0.636. The van der Waals surface area contributed by atoms with E-state index in [9.17, 15) is 4.79 Å². The number of nitrogens with zero attached hydrogens (tertiary/aromatic N) is 5. The summed E-state index contributed by atoms with van der Waals surface area (Å²) < 4.78 is 0. The van der Waals surface area contributed by atoms with E-state index in [1.54, 1.807) is 16.2 Å². The van der Waals surface area contributed by atoms with Crippen molar-refractivity contribution in [3.63, 3.8) is 0 Å². The number of fused-ring (bicyclic) bond motifs is 1. The molecule has 0 spiro atoms. The number of amides is 1. The van der Waals surface area contributed by atoms with Gasteiger partial charge >= 0.3 is 0 Å². The van der Waals surface area contributed by atoms with Crippen LogP contribution in [0.5, 0.6) is 0 Å². The summed E-state index contributed by atoms with van der Waals surface area (Å²) >= 11 is 1.71. The average Bonchev–Trinajstić information content (AvgIpc) is 3.10. The van der Waals surface area contributed by atoms with Gasteiger partial charge in [-0.05, 0) is 12.5 Å². The number of aryl methyl sites for hydroxylation is 1. The van der Waals surface area contributed by atoms with Crippen LogP contribution < -0.4 is 21.3 Å². The van der Waals surface area contributed by atoms with Crippen LogP contribution in [0.1, 0.15) is 11.8 Å². The Hall–Kier alpha value is -1.97. The van der Waals surface area contributed by atoms with E-state index in [2.05, 4.69) is 22.8 Å². The first-order valence-electron chi connectivity index (χ1n) is 9.10. The molecular weight excluding hydrogens is 350 g/mol. The van der Waals surface area contributed by atoms with Gasteiger partial charge in [-0.1, -0.05) is 6.92 Å². The number of carbonyl (C=O) groups excluding carboxylic acids is 1. The molecule has 0 saturated carbocycles. The number of hydrogen-bond acceptors (Lipinski definition) is 8. The van der Waals surface area contributed by atoms with Crippen LogP contribution in [0.3, 0.4) is 0 Å². The first-order valence-corrected chi connectivity index (χ1v) is 9.91. The lowest BCUT2D eigenvalue weighted by Gasteiger charge is -2.33. The van der Waals surface area contributed by atoms with Crippen molar-refractivity contribution < 1.29 is 4.79 Å². The zero-order chi connectivity index (χ0) is 18.5. The Morgan fingerprint density at radius 3 is 2.46 bits per heavy atom. The number of rotatable bonds is 8. The Balaban J connectivity index is 2.00. The summed E-state index contributed by atoms with van der Waals surface area (Å²) in [5, 5.41) is 1.07. The molecule has 1 aliphatic rings. The highest BCUT2D eigenvalue weighted by molar-refractivity contribution is 7.18. The second-order valence-corrected chi connectivity index (χ2v) is 7.44. The molecule has 1 aliphatic heterocycles. The fourth-order valence-corrected chi connectivity index (χ4v) is 4.12. The number of anilines is 2. The lowest BCUT2D eigenvalue weighted by molar-refractivity contribution is -0.118. The molecule has 1 amide bonds. The van der Waals surface area contributed by atoms with Crippen molar-refractivity contribution in [3.05, 3.63) is 10.9 Å². The molecule has 0 unspecified atom stereocenters. The van der Waals surface area contributed by atoms with Gasteiger partial charge in [-0.25, -0.2) is 4.98 Å². The minimum Gasteiger partial charge on any atom is -0.353 e. The third-order valence-electron chi connectivity index (χ3n) is 4.60. The molecule has 8 nitrogen and oxygen atoms in total. The van der Waals surface area contributed by atoms with Crippen LogP contribution in [0.2, 0.25) is 0 Å². The maximum atomic E-state index is 10.9. The molecule has 0 atom stereocenters. The van der Waals surface area contributed by atoms with Crippen molar-refractivity contribution in [2.45, 2.75) is 13.3 Å². The zero-order valence-electron chi connectivity index (χ0n) is 15.2. The molecule has 2 aromatic rings. The molecular formula is C17H27N7OS. The van der Waals surface area contributed by atoms with E-state index in [0.717, 1.165) is 47.9 Å². The molecule has 3 heterocycles. The van der Waals surface area contributed by atoms with E-state index < -0.39 is 0 Å². The standard InChI is InChI=1S/C17H27N7OS/c1-2-13-11-14-15(23(5-3-18)6-4-19)20-17(21-16(14)26-13)24-9-7-22(12-25)8-10-24/h11-12H,2-10,18-19H2,1H3. The van der Waals surface area contributed by atoms with Crippen molar-refractivity contribution in [3.8, 4) is 0 Å². The minimum atomic E-state index is 0.545. The van der Waals surface area contributed by atoms with E-state index in [-0.39, 0.29) is 0 Å². The maximum absolute atomic E-state index is 10.9. The number of carbonyl (C=O) groups is 1. The van der Waals surface area contributed by atoms with E-state index >= 15 is 0 Å². The first-order chi connectivity index (χ1) is 12.7. The topological polar surface area (TPSA) is 105 Å². The van der Waals surface area contributed by atoms with Gasteiger partial charge in [-0.15, -0.1) is 11.3 Å². The highest BCUT2D eigenvalue weighted by atomic mass is 32.1. The van der Waals surface area contributed by atoms with Crippen molar-refractivity contribution in [2.75, 3.05) is 62.2 Å². The SMILES string of the molecule is CCc1cc2c(N(CCN)CCN)nc(N3CCN(C=O)CC3)nc2s1.